The summed E-state index contributed by atoms with van der Waals surface area (Å²) in [7, 11) is 1.32. The molecule has 0 aliphatic rings. The van der Waals surface area contributed by atoms with Gasteiger partial charge >= 0.3 is 0 Å². The Hall–Kier alpha value is 0.110. The first-order valence-corrected chi connectivity index (χ1v) is 1.98. The van der Waals surface area contributed by atoms with Gasteiger partial charge in [-0.05, 0) is 12.2 Å². The molecule has 0 aromatic carbocycles. The van der Waals surface area contributed by atoms with Crippen molar-refractivity contribution in [3.63, 3.8) is 0 Å². The van der Waals surface area contributed by atoms with Gasteiger partial charge in [0.1, 0.15) is 0 Å². The third-order valence-electron chi connectivity index (χ3n) is 0.242. The lowest BCUT2D eigenvalue weighted by Crippen LogP contribution is -2.06. The summed E-state index contributed by atoms with van der Waals surface area (Å²) < 4.78 is 12.1. The maximum atomic E-state index is 11.3. The molecule has 4 heteroatoms. The molecule has 0 saturated carbocycles. The van der Waals surface area contributed by atoms with E-state index in [-0.39, 0.29) is 0 Å². The van der Waals surface area contributed by atoms with Crippen LogP contribution < -0.4 is 0 Å². The third-order valence-corrected chi connectivity index (χ3v) is 0.765. The maximum Gasteiger partial charge on any atom is 0.269 e. The van der Waals surface area contributed by atoms with Crippen molar-refractivity contribution in [1.82, 2.24) is 4.42 Å². The van der Waals surface area contributed by atoms with Crippen LogP contribution in [0.3, 0.4) is 0 Å². The fraction of sp³-hybridized carbons (Fsp3) is 0.500. The van der Waals surface area contributed by atoms with Crippen molar-refractivity contribution in [3.05, 3.63) is 0 Å². The van der Waals surface area contributed by atoms with Gasteiger partial charge in [-0.2, -0.15) is 4.39 Å². The highest BCUT2D eigenvalue weighted by atomic mass is 35.5. The predicted octanol–water partition coefficient (Wildman–Crippen LogP) is 1.33. The van der Waals surface area contributed by atoms with Crippen LogP contribution in [0.4, 0.5) is 4.39 Å². The molecule has 0 amide bonds. The Morgan fingerprint density at radius 3 is 2.17 bits per heavy atom. The molecule has 6 heavy (non-hydrogen) atoms. The Labute approximate surface area is 45.8 Å². The number of nitrogens with zero attached hydrogens (tertiary/aromatic N) is 1. The third kappa shape index (κ3) is 2.35. The topological polar surface area (TPSA) is 3.24 Å². The van der Waals surface area contributed by atoms with E-state index in [1.165, 1.54) is 7.05 Å². The summed E-state index contributed by atoms with van der Waals surface area (Å²) in [4.78, 5) is 0. The second-order valence-electron chi connectivity index (χ2n) is 0.730. The van der Waals surface area contributed by atoms with Crippen LogP contribution in [-0.4, -0.2) is 16.7 Å². The van der Waals surface area contributed by atoms with Crippen LogP contribution >= 0.6 is 24.0 Å². The molecule has 1 nitrogen and oxygen atoms in total. The van der Waals surface area contributed by atoms with Crippen molar-refractivity contribution in [2.45, 2.75) is 0 Å². The van der Waals surface area contributed by atoms with Gasteiger partial charge in [0.15, 0.2) is 0 Å². The highest BCUT2D eigenvalue weighted by Gasteiger charge is 1.91. The minimum Gasteiger partial charge on any atom is -0.254 e. The lowest BCUT2D eigenvalue weighted by molar-refractivity contribution is 0.668. The summed E-state index contributed by atoms with van der Waals surface area (Å²) in [6.07, 6.45) is 0. The molecule has 0 aliphatic carbocycles. The van der Waals surface area contributed by atoms with E-state index in [1.807, 2.05) is 0 Å². The standard InChI is InChI=1S/C2H3ClFNS/c1-5(3)2(4)6/h1H3. The summed E-state index contributed by atoms with van der Waals surface area (Å²) in [5, 5.41) is -0.809. The van der Waals surface area contributed by atoms with Crippen molar-refractivity contribution >= 4 is 29.2 Å². The molecule has 0 N–H and O–H groups in total. The monoisotopic (exact) mass is 127 g/mol. The van der Waals surface area contributed by atoms with Gasteiger partial charge in [-0.15, -0.1) is 0 Å². The molecule has 0 rings (SSSR count). The molecular weight excluding hydrogens is 125 g/mol. The highest BCUT2D eigenvalue weighted by molar-refractivity contribution is 7.80. The van der Waals surface area contributed by atoms with Crippen molar-refractivity contribution in [3.8, 4) is 0 Å². The van der Waals surface area contributed by atoms with Gasteiger partial charge in [-0.3, -0.25) is 4.42 Å². The van der Waals surface area contributed by atoms with Crippen LogP contribution in [0.5, 0.6) is 0 Å². The molecular formula is C2H3ClFNS. The van der Waals surface area contributed by atoms with Gasteiger partial charge in [-0.1, -0.05) is 0 Å². The van der Waals surface area contributed by atoms with Crippen LogP contribution in [-0.2, 0) is 0 Å². The van der Waals surface area contributed by atoms with E-state index in [4.69, 9.17) is 11.8 Å². The minimum absolute atomic E-state index is 0.704. The average Bonchev–Trinajstić information content (AvgIpc) is 1.36. The molecule has 0 atom stereocenters. The first-order chi connectivity index (χ1) is 2.64. The van der Waals surface area contributed by atoms with Crippen LogP contribution in [0.2, 0.25) is 0 Å². The zero-order valence-electron chi connectivity index (χ0n) is 3.11. The fourth-order valence-corrected chi connectivity index (χ4v) is 0. The fourth-order valence-electron chi connectivity index (χ4n) is 0. The molecule has 0 saturated heterocycles. The zero-order chi connectivity index (χ0) is 5.15. The first kappa shape index (κ1) is 6.11. The maximum absolute atomic E-state index is 11.3. The molecule has 0 fully saturated rings. The van der Waals surface area contributed by atoms with Crippen LogP contribution in [0.25, 0.3) is 0 Å². The van der Waals surface area contributed by atoms with Gasteiger partial charge < -0.3 is 0 Å². The second-order valence-corrected chi connectivity index (χ2v) is 1.57. The Balaban J connectivity index is 3.26. The average molecular weight is 128 g/mol. The number of thiocarbonyl (C=S) groups is 1. The van der Waals surface area contributed by atoms with Crippen LogP contribution in [0.1, 0.15) is 0 Å². The molecule has 0 aromatic heterocycles. The quantitative estimate of drug-likeness (QED) is 0.209. The van der Waals surface area contributed by atoms with Crippen molar-refractivity contribution in [2.24, 2.45) is 0 Å². The number of rotatable bonds is 0. The Morgan fingerprint density at radius 1 is 2.00 bits per heavy atom. The molecule has 0 aromatic rings. The van der Waals surface area contributed by atoms with E-state index in [1.54, 1.807) is 0 Å². The largest absolute Gasteiger partial charge is 0.269 e. The minimum atomic E-state index is -0.809. The Bertz CT molecular complexity index is 64.6. The van der Waals surface area contributed by atoms with Gasteiger partial charge in [0.05, 0.1) is 0 Å². The molecule has 0 radical (unpaired) electrons. The molecule has 0 aliphatic heterocycles. The molecule has 36 valence electrons. The van der Waals surface area contributed by atoms with E-state index in [2.05, 4.69) is 12.2 Å². The summed E-state index contributed by atoms with van der Waals surface area (Å²) in [6.45, 7) is 0. The summed E-state index contributed by atoms with van der Waals surface area (Å²) in [5.74, 6) is 0. The number of halogens is 2. The Kier molecular flexibility index (Phi) is 2.35. The second kappa shape index (κ2) is 2.31. The lowest BCUT2D eigenvalue weighted by Gasteiger charge is -1.96. The summed E-state index contributed by atoms with van der Waals surface area (Å²) >= 11 is 8.88. The normalized spacial score (nSPS) is 7.83. The van der Waals surface area contributed by atoms with Crippen LogP contribution in [0, 0.1) is 0 Å². The predicted molar refractivity (Wildman–Crippen MR) is 27.3 cm³/mol. The van der Waals surface area contributed by atoms with Crippen molar-refractivity contribution in [1.29, 1.82) is 0 Å². The van der Waals surface area contributed by atoms with E-state index in [0.717, 1.165) is 0 Å². The van der Waals surface area contributed by atoms with Gasteiger partial charge in [-0.25, -0.2) is 0 Å². The van der Waals surface area contributed by atoms with Crippen molar-refractivity contribution < 1.29 is 4.39 Å². The number of hydrogen-bond acceptors (Lipinski definition) is 1. The van der Waals surface area contributed by atoms with Gasteiger partial charge in [0, 0.05) is 18.8 Å². The van der Waals surface area contributed by atoms with Crippen molar-refractivity contribution in [2.75, 3.05) is 7.05 Å². The van der Waals surface area contributed by atoms with E-state index >= 15 is 0 Å². The first-order valence-electron chi connectivity index (χ1n) is 1.23. The molecule has 0 unspecified atom stereocenters. The highest BCUT2D eigenvalue weighted by Crippen LogP contribution is 1.90. The van der Waals surface area contributed by atoms with E-state index in [9.17, 15) is 4.39 Å². The molecule has 0 spiro atoms. The zero-order valence-corrected chi connectivity index (χ0v) is 4.68. The number of hydrogen-bond donors (Lipinski definition) is 0. The summed E-state index contributed by atoms with van der Waals surface area (Å²) in [6, 6.07) is 0. The van der Waals surface area contributed by atoms with Crippen LogP contribution in [0.15, 0.2) is 0 Å². The SMILES string of the molecule is CN(Cl)C(F)=S. The molecule has 0 heterocycles. The smallest absolute Gasteiger partial charge is 0.254 e. The van der Waals surface area contributed by atoms with Gasteiger partial charge in [0.2, 0.25) is 0 Å². The lowest BCUT2D eigenvalue weighted by atomic mass is 11.2. The summed E-state index contributed by atoms with van der Waals surface area (Å²) in [5.41, 5.74) is 0. The van der Waals surface area contributed by atoms with Gasteiger partial charge in [0.25, 0.3) is 5.24 Å². The van der Waals surface area contributed by atoms with E-state index in [0.29, 0.717) is 4.42 Å². The van der Waals surface area contributed by atoms with E-state index < -0.39 is 5.24 Å². The molecule has 0 bridgehead atoms. The Morgan fingerprint density at radius 2 is 2.17 bits per heavy atom.